The van der Waals surface area contributed by atoms with Crippen molar-refractivity contribution < 1.29 is 8.42 Å². The molecule has 0 amide bonds. The van der Waals surface area contributed by atoms with Crippen LogP contribution in [0.3, 0.4) is 0 Å². The molecular formula is C20H22N2O2S. The molecule has 0 fully saturated rings. The lowest BCUT2D eigenvalue weighted by Crippen LogP contribution is -2.04. The van der Waals surface area contributed by atoms with Crippen molar-refractivity contribution in [2.45, 2.75) is 31.7 Å². The average Bonchev–Trinajstić information content (AvgIpc) is 2.58. The van der Waals surface area contributed by atoms with Crippen LogP contribution >= 0.6 is 0 Å². The Hall–Kier alpha value is -2.40. The summed E-state index contributed by atoms with van der Waals surface area (Å²) in [5.74, 6) is 0. The van der Waals surface area contributed by atoms with Crippen LogP contribution in [-0.2, 0) is 22.8 Å². The van der Waals surface area contributed by atoms with Gasteiger partial charge in [0.25, 0.3) is 0 Å². The maximum atomic E-state index is 11.7. The molecule has 0 saturated carbocycles. The number of nitrogens with one attached hydrogen (secondary N) is 1. The van der Waals surface area contributed by atoms with E-state index in [2.05, 4.69) is 29.4 Å². The first kappa shape index (κ1) is 17.4. The molecule has 0 aliphatic carbocycles. The zero-order valence-electron chi connectivity index (χ0n) is 14.7. The molecule has 0 radical (unpaired) electrons. The summed E-state index contributed by atoms with van der Waals surface area (Å²) in [7, 11) is -3.18. The van der Waals surface area contributed by atoms with E-state index in [1.54, 1.807) is 6.07 Å². The van der Waals surface area contributed by atoms with Crippen LogP contribution in [0, 0.1) is 6.92 Å². The monoisotopic (exact) mass is 354 g/mol. The number of benzene rings is 2. The molecule has 0 spiro atoms. The van der Waals surface area contributed by atoms with Crippen molar-refractivity contribution in [3.05, 3.63) is 65.4 Å². The SMILES string of the molecule is CCc1cc(NCc2ccc(S(C)(=O)=O)c(C)c2)c2ccccc2n1. The molecule has 1 aromatic heterocycles. The maximum absolute atomic E-state index is 11.7. The van der Waals surface area contributed by atoms with Gasteiger partial charge in [0, 0.05) is 29.6 Å². The number of aromatic nitrogens is 1. The second-order valence-electron chi connectivity index (χ2n) is 6.26. The highest BCUT2D eigenvalue weighted by molar-refractivity contribution is 7.90. The molecule has 3 aromatic rings. The molecular weight excluding hydrogens is 332 g/mol. The van der Waals surface area contributed by atoms with Gasteiger partial charge in [0.15, 0.2) is 9.84 Å². The second-order valence-corrected chi connectivity index (χ2v) is 8.24. The zero-order chi connectivity index (χ0) is 18.0. The van der Waals surface area contributed by atoms with Gasteiger partial charge in [-0.15, -0.1) is 0 Å². The van der Waals surface area contributed by atoms with Gasteiger partial charge in [-0.1, -0.05) is 37.3 Å². The highest BCUT2D eigenvalue weighted by Gasteiger charge is 2.11. The molecule has 0 atom stereocenters. The molecule has 1 N–H and O–H groups in total. The maximum Gasteiger partial charge on any atom is 0.175 e. The second kappa shape index (κ2) is 6.84. The van der Waals surface area contributed by atoms with Crippen LogP contribution in [-0.4, -0.2) is 19.7 Å². The molecule has 3 rings (SSSR count). The number of rotatable bonds is 5. The van der Waals surface area contributed by atoms with Gasteiger partial charge in [-0.3, -0.25) is 4.98 Å². The molecule has 1 heterocycles. The lowest BCUT2D eigenvalue weighted by atomic mass is 10.1. The van der Waals surface area contributed by atoms with E-state index in [0.717, 1.165) is 39.8 Å². The van der Waals surface area contributed by atoms with Gasteiger partial charge in [-0.05, 0) is 42.7 Å². The van der Waals surface area contributed by atoms with E-state index in [4.69, 9.17) is 0 Å². The van der Waals surface area contributed by atoms with E-state index in [9.17, 15) is 8.42 Å². The minimum absolute atomic E-state index is 0.388. The van der Waals surface area contributed by atoms with Crippen molar-refractivity contribution in [3.63, 3.8) is 0 Å². The zero-order valence-corrected chi connectivity index (χ0v) is 15.5. The lowest BCUT2D eigenvalue weighted by molar-refractivity contribution is 0.601. The Morgan fingerprint density at radius 1 is 1.08 bits per heavy atom. The molecule has 0 aliphatic rings. The van der Waals surface area contributed by atoms with Gasteiger partial charge in [0.1, 0.15) is 0 Å². The summed E-state index contributed by atoms with van der Waals surface area (Å²) in [6.07, 6.45) is 2.12. The van der Waals surface area contributed by atoms with Crippen LogP contribution in [0.5, 0.6) is 0 Å². The Kier molecular flexibility index (Phi) is 4.77. The molecule has 0 aliphatic heterocycles. The van der Waals surface area contributed by atoms with Gasteiger partial charge < -0.3 is 5.32 Å². The Labute approximate surface area is 148 Å². The Balaban J connectivity index is 1.89. The first-order chi connectivity index (χ1) is 11.9. The Morgan fingerprint density at radius 2 is 1.84 bits per heavy atom. The summed E-state index contributed by atoms with van der Waals surface area (Å²) >= 11 is 0. The largest absolute Gasteiger partial charge is 0.380 e. The third-order valence-corrected chi connectivity index (χ3v) is 5.51. The van der Waals surface area contributed by atoms with E-state index < -0.39 is 9.84 Å². The van der Waals surface area contributed by atoms with Crippen LogP contribution in [0.4, 0.5) is 5.69 Å². The number of para-hydroxylation sites is 1. The molecule has 25 heavy (non-hydrogen) atoms. The summed E-state index contributed by atoms with van der Waals surface area (Å²) in [6.45, 7) is 4.55. The number of hydrogen-bond donors (Lipinski definition) is 1. The minimum Gasteiger partial charge on any atom is -0.380 e. The summed E-state index contributed by atoms with van der Waals surface area (Å²) in [5.41, 5.74) is 4.89. The van der Waals surface area contributed by atoms with Gasteiger partial charge in [-0.25, -0.2) is 8.42 Å². The minimum atomic E-state index is -3.18. The number of hydrogen-bond acceptors (Lipinski definition) is 4. The molecule has 2 aromatic carbocycles. The molecule has 130 valence electrons. The quantitative estimate of drug-likeness (QED) is 0.749. The lowest BCUT2D eigenvalue weighted by Gasteiger charge is -2.13. The van der Waals surface area contributed by atoms with Gasteiger partial charge in [-0.2, -0.15) is 0 Å². The number of sulfone groups is 1. The smallest absolute Gasteiger partial charge is 0.175 e. The van der Waals surface area contributed by atoms with Crippen LogP contribution < -0.4 is 5.32 Å². The number of aryl methyl sites for hydroxylation is 2. The molecule has 0 unspecified atom stereocenters. The third-order valence-electron chi connectivity index (χ3n) is 4.25. The van der Waals surface area contributed by atoms with Crippen LogP contribution in [0.15, 0.2) is 53.4 Å². The van der Waals surface area contributed by atoms with Gasteiger partial charge in [0.2, 0.25) is 0 Å². The fourth-order valence-corrected chi connectivity index (χ4v) is 3.95. The van der Waals surface area contributed by atoms with Crippen molar-refractivity contribution in [3.8, 4) is 0 Å². The van der Waals surface area contributed by atoms with Crippen molar-refractivity contribution >= 4 is 26.4 Å². The summed E-state index contributed by atoms with van der Waals surface area (Å²) in [5, 5.41) is 4.56. The normalized spacial score (nSPS) is 11.6. The number of fused-ring (bicyclic) bond motifs is 1. The van der Waals surface area contributed by atoms with Gasteiger partial charge in [0.05, 0.1) is 10.4 Å². The third kappa shape index (κ3) is 3.82. The topological polar surface area (TPSA) is 59.1 Å². The fraction of sp³-hybridized carbons (Fsp3) is 0.250. The van der Waals surface area contributed by atoms with Crippen LogP contribution in [0.2, 0.25) is 0 Å². The fourth-order valence-electron chi connectivity index (χ4n) is 2.99. The number of nitrogens with zero attached hydrogens (tertiary/aromatic N) is 1. The van der Waals surface area contributed by atoms with Crippen molar-refractivity contribution in [2.24, 2.45) is 0 Å². The Morgan fingerprint density at radius 3 is 2.52 bits per heavy atom. The standard InChI is InChI=1S/C20H22N2O2S/c1-4-16-12-19(17-7-5-6-8-18(17)22-16)21-13-15-9-10-20(14(2)11-15)25(3,23)24/h5-12H,4,13H2,1-3H3,(H,21,22). The average molecular weight is 354 g/mol. The summed E-state index contributed by atoms with van der Waals surface area (Å²) in [6, 6.07) is 15.6. The molecule has 4 nitrogen and oxygen atoms in total. The van der Waals surface area contributed by atoms with Crippen molar-refractivity contribution in [2.75, 3.05) is 11.6 Å². The highest BCUT2D eigenvalue weighted by atomic mass is 32.2. The van der Waals surface area contributed by atoms with Crippen LogP contribution in [0.1, 0.15) is 23.7 Å². The van der Waals surface area contributed by atoms with E-state index in [-0.39, 0.29) is 0 Å². The molecule has 0 bridgehead atoms. The number of anilines is 1. The van der Waals surface area contributed by atoms with Crippen molar-refractivity contribution in [1.29, 1.82) is 0 Å². The first-order valence-electron chi connectivity index (χ1n) is 8.30. The van der Waals surface area contributed by atoms with Crippen LogP contribution in [0.25, 0.3) is 10.9 Å². The summed E-state index contributed by atoms with van der Waals surface area (Å²) in [4.78, 5) is 5.04. The molecule has 0 saturated heterocycles. The van der Waals surface area contributed by atoms with Gasteiger partial charge >= 0.3 is 0 Å². The van der Waals surface area contributed by atoms with E-state index in [1.807, 2.05) is 37.3 Å². The molecule has 5 heteroatoms. The predicted molar refractivity (Wildman–Crippen MR) is 103 cm³/mol. The van der Waals surface area contributed by atoms with E-state index >= 15 is 0 Å². The predicted octanol–water partition coefficient (Wildman–Crippen LogP) is 4.12. The Bertz CT molecular complexity index is 1030. The summed E-state index contributed by atoms with van der Waals surface area (Å²) < 4.78 is 23.5. The highest BCUT2D eigenvalue weighted by Crippen LogP contribution is 2.24. The van der Waals surface area contributed by atoms with Crippen molar-refractivity contribution in [1.82, 2.24) is 4.98 Å². The first-order valence-corrected chi connectivity index (χ1v) is 10.2. The van der Waals surface area contributed by atoms with E-state index in [1.165, 1.54) is 6.26 Å². The number of pyridine rings is 1. The van der Waals surface area contributed by atoms with E-state index in [0.29, 0.717) is 11.4 Å².